The second-order valence-electron chi connectivity index (χ2n) is 10.8. The molecule has 0 atom stereocenters. The van der Waals surface area contributed by atoms with Gasteiger partial charge in [0.05, 0.1) is 12.2 Å². The summed E-state index contributed by atoms with van der Waals surface area (Å²) in [5.41, 5.74) is 3.45. The lowest BCUT2D eigenvalue weighted by Crippen LogP contribution is -2.48. The summed E-state index contributed by atoms with van der Waals surface area (Å²) >= 11 is 0. The fourth-order valence-electron chi connectivity index (χ4n) is 7.67. The van der Waals surface area contributed by atoms with E-state index < -0.39 is 5.97 Å². The van der Waals surface area contributed by atoms with Gasteiger partial charge in [-0.05, 0) is 96.2 Å². The van der Waals surface area contributed by atoms with Crippen LogP contribution >= 0.6 is 0 Å². The number of benzene rings is 3. The quantitative estimate of drug-likeness (QED) is 0.402. The highest BCUT2D eigenvalue weighted by Gasteiger charge is 2.52. The van der Waals surface area contributed by atoms with Gasteiger partial charge in [-0.25, -0.2) is 4.79 Å². The second kappa shape index (κ2) is 8.42. The van der Waals surface area contributed by atoms with Gasteiger partial charge in [-0.15, -0.1) is 0 Å². The summed E-state index contributed by atoms with van der Waals surface area (Å²) in [7, 11) is 0. The molecule has 4 aliphatic carbocycles. The van der Waals surface area contributed by atoms with Crippen LogP contribution in [0.5, 0.6) is 5.75 Å². The first kappa shape index (κ1) is 21.7. The van der Waals surface area contributed by atoms with Gasteiger partial charge in [0.15, 0.2) is 0 Å². The van der Waals surface area contributed by atoms with Crippen LogP contribution in [-0.4, -0.2) is 29.4 Å². The van der Waals surface area contributed by atoms with Crippen molar-refractivity contribution >= 4 is 16.7 Å². The predicted molar refractivity (Wildman–Crippen MR) is 133 cm³/mol. The molecule has 3 aromatic rings. The molecular weight excluding hydrogens is 424 g/mol. The van der Waals surface area contributed by atoms with Crippen molar-refractivity contribution in [1.82, 2.24) is 0 Å². The number of carboxylic acid groups (broad SMARTS) is 1. The number of hydrogen-bond acceptors (Lipinski definition) is 3. The highest BCUT2D eigenvalue weighted by Crippen LogP contribution is 2.62. The third kappa shape index (κ3) is 3.60. The zero-order valence-electron chi connectivity index (χ0n) is 19.5. The minimum atomic E-state index is -0.902. The van der Waals surface area contributed by atoms with E-state index in [4.69, 9.17) is 4.74 Å². The molecule has 4 saturated carbocycles. The number of fused-ring (bicyclic) bond motifs is 1. The van der Waals surface area contributed by atoms with Crippen molar-refractivity contribution in [2.45, 2.75) is 50.4 Å². The van der Waals surface area contributed by atoms with Crippen LogP contribution in [0.25, 0.3) is 21.9 Å². The van der Waals surface area contributed by atoms with Crippen LogP contribution in [0.2, 0.25) is 0 Å². The SMILES string of the molecule is O=C(O)c1ccc2ccccc2c1-c1ccc(OCCCO)c(C23CC4CC(CC(C4)C2)C3)c1. The normalized spacial score (nSPS) is 27.3. The van der Waals surface area contributed by atoms with Gasteiger partial charge in [0.25, 0.3) is 0 Å². The summed E-state index contributed by atoms with van der Waals surface area (Å²) in [5.74, 6) is 2.41. The molecule has 0 aromatic heterocycles. The molecule has 4 bridgehead atoms. The molecule has 0 heterocycles. The van der Waals surface area contributed by atoms with E-state index in [1.807, 2.05) is 42.5 Å². The van der Waals surface area contributed by atoms with Crippen molar-refractivity contribution in [2.75, 3.05) is 13.2 Å². The van der Waals surface area contributed by atoms with Crippen molar-refractivity contribution in [1.29, 1.82) is 0 Å². The van der Waals surface area contributed by atoms with Crippen molar-refractivity contribution in [3.05, 3.63) is 65.7 Å². The van der Waals surface area contributed by atoms with Gasteiger partial charge in [0.2, 0.25) is 0 Å². The molecule has 0 amide bonds. The molecule has 0 spiro atoms. The van der Waals surface area contributed by atoms with E-state index in [-0.39, 0.29) is 12.0 Å². The van der Waals surface area contributed by atoms with Gasteiger partial charge in [-0.3, -0.25) is 0 Å². The molecule has 4 heteroatoms. The number of carboxylic acids is 1. The van der Waals surface area contributed by atoms with Gasteiger partial charge < -0.3 is 14.9 Å². The summed E-state index contributed by atoms with van der Waals surface area (Å²) in [6, 6.07) is 18.0. The Morgan fingerprint density at radius 1 is 0.941 bits per heavy atom. The van der Waals surface area contributed by atoms with E-state index in [2.05, 4.69) is 6.07 Å². The lowest BCUT2D eigenvalue weighted by Gasteiger charge is -2.57. The van der Waals surface area contributed by atoms with E-state index in [1.165, 1.54) is 44.1 Å². The Kier molecular flexibility index (Phi) is 5.37. The maximum absolute atomic E-state index is 12.2. The largest absolute Gasteiger partial charge is 0.493 e. The van der Waals surface area contributed by atoms with Crippen LogP contribution in [-0.2, 0) is 5.41 Å². The minimum absolute atomic E-state index is 0.114. The molecule has 34 heavy (non-hydrogen) atoms. The maximum Gasteiger partial charge on any atom is 0.336 e. The molecule has 0 saturated heterocycles. The summed E-state index contributed by atoms with van der Waals surface area (Å²) in [4.78, 5) is 12.2. The molecule has 0 unspecified atom stereocenters. The number of rotatable bonds is 7. The van der Waals surface area contributed by atoms with E-state index in [0.717, 1.165) is 45.4 Å². The summed E-state index contributed by atoms with van der Waals surface area (Å²) in [6.45, 7) is 0.604. The van der Waals surface area contributed by atoms with Crippen molar-refractivity contribution in [2.24, 2.45) is 17.8 Å². The first-order valence-corrected chi connectivity index (χ1v) is 12.7. The van der Waals surface area contributed by atoms with Crippen LogP contribution < -0.4 is 4.74 Å². The Morgan fingerprint density at radius 3 is 2.32 bits per heavy atom. The summed E-state index contributed by atoms with van der Waals surface area (Å²) in [5, 5.41) is 21.3. The molecule has 2 N–H and O–H groups in total. The number of carbonyl (C=O) groups is 1. The summed E-state index contributed by atoms with van der Waals surface area (Å²) in [6.07, 6.45) is 8.33. The fraction of sp³-hybridized carbons (Fsp3) is 0.433. The average molecular weight is 457 g/mol. The van der Waals surface area contributed by atoms with Gasteiger partial charge in [0, 0.05) is 24.2 Å². The molecule has 7 rings (SSSR count). The topological polar surface area (TPSA) is 66.8 Å². The first-order valence-electron chi connectivity index (χ1n) is 12.7. The zero-order chi connectivity index (χ0) is 23.3. The highest BCUT2D eigenvalue weighted by atomic mass is 16.5. The number of aromatic carboxylic acids is 1. The van der Waals surface area contributed by atoms with E-state index in [0.29, 0.717) is 18.6 Å². The number of ether oxygens (including phenoxy) is 1. The van der Waals surface area contributed by atoms with E-state index in [1.54, 1.807) is 6.07 Å². The lowest BCUT2D eigenvalue weighted by atomic mass is 9.48. The van der Waals surface area contributed by atoms with Gasteiger partial charge in [-0.2, -0.15) is 0 Å². The van der Waals surface area contributed by atoms with Crippen molar-refractivity contribution in [3.8, 4) is 16.9 Å². The lowest BCUT2D eigenvalue weighted by molar-refractivity contribution is -0.00640. The van der Waals surface area contributed by atoms with Crippen LogP contribution in [0.3, 0.4) is 0 Å². The monoisotopic (exact) mass is 456 g/mol. The van der Waals surface area contributed by atoms with E-state index >= 15 is 0 Å². The molecule has 4 aliphatic rings. The van der Waals surface area contributed by atoms with Crippen LogP contribution in [0.15, 0.2) is 54.6 Å². The Balaban J connectivity index is 1.53. The number of hydrogen-bond donors (Lipinski definition) is 2. The Morgan fingerprint density at radius 2 is 1.65 bits per heavy atom. The van der Waals surface area contributed by atoms with Crippen LogP contribution in [0.4, 0.5) is 0 Å². The molecule has 0 aliphatic heterocycles. The van der Waals surface area contributed by atoms with E-state index in [9.17, 15) is 15.0 Å². The Bertz CT molecular complexity index is 1210. The van der Waals surface area contributed by atoms with Crippen LogP contribution in [0, 0.1) is 17.8 Å². The number of aliphatic hydroxyl groups excluding tert-OH is 1. The average Bonchev–Trinajstić information content (AvgIpc) is 2.83. The van der Waals surface area contributed by atoms with Gasteiger partial charge in [-0.1, -0.05) is 36.4 Å². The third-order valence-corrected chi connectivity index (χ3v) is 8.60. The molecule has 4 nitrogen and oxygen atoms in total. The highest BCUT2D eigenvalue weighted by molar-refractivity contribution is 6.07. The Hall–Kier alpha value is -2.85. The standard InChI is InChI=1S/C30H32O4/c31-10-3-11-34-27-9-7-23(28-24-5-2-1-4-22(24)6-8-25(28)29(32)33)15-26(27)30-16-19-12-20(17-30)14-21(13-19)18-30/h1-2,4-9,15,19-21,31H,3,10-14,16-18H2,(H,32,33). The smallest absolute Gasteiger partial charge is 0.336 e. The predicted octanol–water partition coefficient (Wildman–Crippen LogP) is 6.43. The molecule has 3 aromatic carbocycles. The minimum Gasteiger partial charge on any atom is -0.493 e. The van der Waals surface area contributed by atoms with Crippen molar-refractivity contribution < 1.29 is 19.7 Å². The third-order valence-electron chi connectivity index (χ3n) is 8.60. The van der Waals surface area contributed by atoms with Crippen molar-refractivity contribution in [3.63, 3.8) is 0 Å². The first-order chi connectivity index (χ1) is 16.6. The summed E-state index contributed by atoms with van der Waals surface area (Å²) < 4.78 is 6.25. The fourth-order valence-corrected chi connectivity index (χ4v) is 7.67. The number of aliphatic hydroxyl groups is 1. The Labute approximate surface area is 200 Å². The maximum atomic E-state index is 12.2. The second-order valence-corrected chi connectivity index (χ2v) is 10.8. The van der Waals surface area contributed by atoms with Crippen LogP contribution in [0.1, 0.15) is 60.9 Å². The molecule has 4 fully saturated rings. The molecule has 0 radical (unpaired) electrons. The van der Waals surface area contributed by atoms with Gasteiger partial charge >= 0.3 is 5.97 Å². The molecule has 176 valence electrons. The molecular formula is C30H32O4. The zero-order valence-corrected chi connectivity index (χ0v) is 19.5. The van der Waals surface area contributed by atoms with Gasteiger partial charge in [0.1, 0.15) is 5.75 Å².